The van der Waals surface area contributed by atoms with Gasteiger partial charge in [0.15, 0.2) is 0 Å². The van der Waals surface area contributed by atoms with Gasteiger partial charge in [0.1, 0.15) is 0 Å². The second-order valence-corrected chi connectivity index (χ2v) is 8.42. The SMILES string of the molecule is CC(C)(C)C1CCC([NH-])C([NH-])C1.[Cl][Pt+2][Cl]. The van der Waals surface area contributed by atoms with Gasteiger partial charge >= 0.3 is 35.3 Å². The Bertz CT molecular complexity index is 173. The van der Waals surface area contributed by atoms with E-state index in [0.717, 1.165) is 19.3 Å². The van der Waals surface area contributed by atoms with Gasteiger partial charge in [0.2, 0.25) is 0 Å². The van der Waals surface area contributed by atoms with Crippen molar-refractivity contribution in [3.8, 4) is 0 Å². The summed E-state index contributed by atoms with van der Waals surface area (Å²) in [6.07, 6.45) is 3.00. The zero-order chi connectivity index (χ0) is 12.1. The maximum absolute atomic E-state index is 7.70. The molecule has 0 aromatic carbocycles. The molecule has 1 rings (SSSR count). The van der Waals surface area contributed by atoms with Crippen LogP contribution in [0.3, 0.4) is 0 Å². The van der Waals surface area contributed by atoms with Crippen molar-refractivity contribution in [2.45, 2.75) is 52.1 Å². The van der Waals surface area contributed by atoms with E-state index in [0.29, 0.717) is 11.3 Å². The number of hydrogen-bond donors (Lipinski definition) is 0. The van der Waals surface area contributed by atoms with Crippen LogP contribution in [0.5, 0.6) is 0 Å². The Morgan fingerprint density at radius 3 is 1.87 bits per heavy atom. The first-order valence-corrected chi connectivity index (χ1v) is 10.7. The molecule has 0 aromatic heterocycles. The van der Waals surface area contributed by atoms with Crippen LogP contribution in [0.25, 0.3) is 11.5 Å². The summed E-state index contributed by atoms with van der Waals surface area (Å²) in [7, 11) is 9.75. The molecule has 3 unspecified atom stereocenters. The van der Waals surface area contributed by atoms with Gasteiger partial charge in [-0.25, -0.2) is 0 Å². The molecular weight excluding hydrogens is 414 g/mol. The van der Waals surface area contributed by atoms with Crippen molar-refractivity contribution < 1.29 is 16.5 Å². The molecule has 2 nitrogen and oxygen atoms in total. The summed E-state index contributed by atoms with van der Waals surface area (Å²) in [6.45, 7) is 6.73. The van der Waals surface area contributed by atoms with Gasteiger partial charge in [-0.1, -0.05) is 40.0 Å². The molecule has 0 radical (unpaired) electrons. The fourth-order valence-electron chi connectivity index (χ4n) is 1.96. The Hall–Kier alpha value is 1.19. The van der Waals surface area contributed by atoms with E-state index in [4.69, 9.17) is 30.3 Å². The number of nitrogens with one attached hydrogen (secondary N) is 2. The van der Waals surface area contributed by atoms with Crippen LogP contribution >= 0.6 is 18.8 Å². The monoisotopic (exact) mass is 433 g/mol. The molecule has 1 saturated carbocycles. The first-order valence-electron chi connectivity index (χ1n) is 5.07. The summed E-state index contributed by atoms with van der Waals surface area (Å²) < 4.78 is 0. The quantitative estimate of drug-likeness (QED) is 0.513. The topological polar surface area (TPSA) is 47.6 Å². The molecule has 94 valence electrons. The standard InChI is InChI=1S/C10H20N2.2ClH.Pt/c1-10(2,3)7-4-5-8(11)9(12)6-7;;;/h7-9,11-12H,4-6H2,1-3H3;2*1H;/q-2;;;+4/p-2. The molecule has 1 fully saturated rings. The van der Waals surface area contributed by atoms with E-state index in [2.05, 4.69) is 20.8 Å². The van der Waals surface area contributed by atoms with E-state index in [9.17, 15) is 0 Å². The molecule has 1 aliphatic rings. The van der Waals surface area contributed by atoms with Crippen LogP contribution in [0.4, 0.5) is 0 Å². The number of halogens is 2. The van der Waals surface area contributed by atoms with Crippen LogP contribution in [-0.2, 0) is 16.5 Å². The zero-order valence-corrected chi connectivity index (χ0v) is 13.2. The summed E-state index contributed by atoms with van der Waals surface area (Å²) in [5, 5.41) is 0. The molecule has 15 heavy (non-hydrogen) atoms. The van der Waals surface area contributed by atoms with Gasteiger partial charge < -0.3 is 11.5 Å². The molecular formula is C10H20Cl2N2Pt. The van der Waals surface area contributed by atoms with Crippen LogP contribution < -0.4 is 0 Å². The van der Waals surface area contributed by atoms with Crippen LogP contribution in [0.1, 0.15) is 40.0 Å². The molecule has 0 saturated heterocycles. The summed E-state index contributed by atoms with van der Waals surface area (Å²) in [5.74, 6) is 0.654. The summed E-state index contributed by atoms with van der Waals surface area (Å²) in [5.41, 5.74) is 15.6. The third-order valence-corrected chi connectivity index (χ3v) is 3.08. The first-order chi connectivity index (χ1) is 6.82. The maximum atomic E-state index is 7.70. The average Bonchev–Trinajstić information content (AvgIpc) is 2.09. The van der Waals surface area contributed by atoms with Crippen molar-refractivity contribution in [1.82, 2.24) is 0 Å². The second-order valence-electron chi connectivity index (χ2n) is 5.13. The van der Waals surface area contributed by atoms with Gasteiger partial charge in [0.05, 0.1) is 0 Å². The Morgan fingerprint density at radius 2 is 1.53 bits per heavy atom. The van der Waals surface area contributed by atoms with Crippen molar-refractivity contribution >= 4 is 18.8 Å². The van der Waals surface area contributed by atoms with Crippen LogP contribution in [-0.4, -0.2) is 12.1 Å². The molecule has 0 heterocycles. The number of hydrogen-bond acceptors (Lipinski definition) is 0. The van der Waals surface area contributed by atoms with Crippen molar-refractivity contribution in [1.29, 1.82) is 0 Å². The third kappa shape index (κ3) is 6.48. The summed E-state index contributed by atoms with van der Waals surface area (Å²) in [4.78, 5) is 0. The Kier molecular flexibility index (Phi) is 8.10. The van der Waals surface area contributed by atoms with Crippen molar-refractivity contribution in [3.05, 3.63) is 11.5 Å². The minimum atomic E-state index is -0.472. The Balaban J connectivity index is 0.000000583. The molecule has 0 spiro atoms. The van der Waals surface area contributed by atoms with Crippen LogP contribution in [0.2, 0.25) is 0 Å². The van der Waals surface area contributed by atoms with Gasteiger partial charge in [0.25, 0.3) is 0 Å². The fourth-order valence-corrected chi connectivity index (χ4v) is 1.96. The van der Waals surface area contributed by atoms with Gasteiger partial charge in [-0.3, -0.25) is 0 Å². The normalized spacial score (nSPS) is 32.1. The van der Waals surface area contributed by atoms with Gasteiger partial charge in [-0.2, -0.15) is 12.1 Å². The number of rotatable bonds is 0. The van der Waals surface area contributed by atoms with Gasteiger partial charge in [-0.15, -0.1) is 0 Å². The Labute approximate surface area is 110 Å². The van der Waals surface area contributed by atoms with E-state index >= 15 is 0 Å². The van der Waals surface area contributed by atoms with E-state index < -0.39 is 16.5 Å². The summed E-state index contributed by atoms with van der Waals surface area (Å²) in [6, 6.07) is -0.258. The van der Waals surface area contributed by atoms with Crippen molar-refractivity contribution in [2.75, 3.05) is 0 Å². The van der Waals surface area contributed by atoms with Gasteiger partial charge in [-0.05, 0) is 11.3 Å². The second kappa shape index (κ2) is 7.50. The fraction of sp³-hybridized carbons (Fsp3) is 1.00. The molecule has 0 bridgehead atoms. The molecule has 0 amide bonds. The molecule has 5 heteroatoms. The molecule has 1 aliphatic carbocycles. The van der Waals surface area contributed by atoms with E-state index in [1.807, 2.05) is 0 Å². The Morgan fingerprint density at radius 1 is 1.07 bits per heavy atom. The van der Waals surface area contributed by atoms with Crippen LogP contribution in [0, 0.1) is 11.3 Å². The van der Waals surface area contributed by atoms with E-state index in [1.54, 1.807) is 0 Å². The van der Waals surface area contributed by atoms with Gasteiger partial charge in [0, 0.05) is 0 Å². The zero-order valence-electron chi connectivity index (χ0n) is 9.43. The molecule has 2 N–H and O–H groups in total. The minimum absolute atomic E-state index is 0.122. The predicted molar refractivity (Wildman–Crippen MR) is 64.7 cm³/mol. The van der Waals surface area contributed by atoms with E-state index in [-0.39, 0.29) is 12.1 Å². The van der Waals surface area contributed by atoms with Crippen molar-refractivity contribution in [2.24, 2.45) is 11.3 Å². The third-order valence-electron chi connectivity index (χ3n) is 3.08. The molecule has 0 aliphatic heterocycles. The van der Waals surface area contributed by atoms with Crippen molar-refractivity contribution in [3.63, 3.8) is 0 Å². The predicted octanol–water partition coefficient (Wildman–Crippen LogP) is 5.05. The summed E-state index contributed by atoms with van der Waals surface area (Å²) >= 11 is -0.472. The molecule has 0 aromatic rings. The first kappa shape index (κ1) is 16.2. The average molecular weight is 434 g/mol. The molecule has 3 atom stereocenters. The van der Waals surface area contributed by atoms with E-state index in [1.165, 1.54) is 0 Å². The van der Waals surface area contributed by atoms with Crippen LogP contribution in [0.15, 0.2) is 0 Å².